The maximum atomic E-state index is 12.0. The smallest absolute Gasteiger partial charge is 0.242 e. The van der Waals surface area contributed by atoms with E-state index in [-0.39, 0.29) is 23.7 Å². The molecular weight excluding hydrogens is 288 g/mol. The fourth-order valence-electron chi connectivity index (χ4n) is 1.31. The van der Waals surface area contributed by atoms with Crippen molar-refractivity contribution in [2.24, 2.45) is 0 Å². The Labute approximate surface area is 118 Å². The second-order valence-corrected chi connectivity index (χ2v) is 6.26. The van der Waals surface area contributed by atoms with Gasteiger partial charge in [0.15, 0.2) is 0 Å². The van der Waals surface area contributed by atoms with Gasteiger partial charge in [0.25, 0.3) is 0 Å². The van der Waals surface area contributed by atoms with E-state index in [0.29, 0.717) is 11.6 Å². The van der Waals surface area contributed by atoms with Gasteiger partial charge in [-0.25, -0.2) is 13.1 Å². The van der Waals surface area contributed by atoms with Crippen LogP contribution in [0.2, 0.25) is 5.02 Å². The highest BCUT2D eigenvalue weighted by Gasteiger charge is 2.17. The van der Waals surface area contributed by atoms with Crippen LogP contribution in [0.1, 0.15) is 6.92 Å². The summed E-state index contributed by atoms with van der Waals surface area (Å²) in [5.74, 6) is 0. The van der Waals surface area contributed by atoms with Gasteiger partial charge in [-0.05, 0) is 25.1 Å². The van der Waals surface area contributed by atoms with E-state index in [9.17, 15) is 8.42 Å². The van der Waals surface area contributed by atoms with Crippen molar-refractivity contribution in [3.63, 3.8) is 0 Å². The lowest BCUT2D eigenvalue weighted by atomic mass is 10.3. The lowest BCUT2D eigenvalue weighted by Crippen LogP contribution is -2.28. The van der Waals surface area contributed by atoms with Crippen LogP contribution in [-0.2, 0) is 14.8 Å². The summed E-state index contributed by atoms with van der Waals surface area (Å²) in [6.45, 7) is 6.32. The molecular formula is C12H17ClN2O3S. The van der Waals surface area contributed by atoms with Crippen molar-refractivity contribution in [3.05, 3.63) is 35.4 Å². The van der Waals surface area contributed by atoms with Crippen molar-refractivity contribution < 1.29 is 13.2 Å². The molecule has 0 aliphatic rings. The standard InChI is InChI=1S/C12H17ClN2O3S/c1-9(2)8-18-6-5-15-19(16,17)12-7-10(13)3-4-11(12)14/h3-4,7,15H,1,5-6,8,14H2,2H3. The zero-order valence-electron chi connectivity index (χ0n) is 10.6. The maximum absolute atomic E-state index is 12.0. The normalized spacial score (nSPS) is 11.5. The minimum Gasteiger partial charge on any atom is -0.398 e. The van der Waals surface area contributed by atoms with Crippen LogP contribution in [0.3, 0.4) is 0 Å². The Morgan fingerprint density at radius 1 is 1.53 bits per heavy atom. The number of anilines is 1. The molecule has 0 spiro atoms. The third-order valence-corrected chi connectivity index (χ3v) is 3.90. The van der Waals surface area contributed by atoms with Crippen molar-refractivity contribution in [3.8, 4) is 0 Å². The van der Waals surface area contributed by atoms with E-state index in [4.69, 9.17) is 22.1 Å². The van der Waals surface area contributed by atoms with E-state index < -0.39 is 10.0 Å². The molecule has 0 aromatic heterocycles. The van der Waals surface area contributed by atoms with Gasteiger partial charge >= 0.3 is 0 Å². The Hall–Kier alpha value is -1.08. The Morgan fingerprint density at radius 3 is 2.84 bits per heavy atom. The predicted octanol–water partition coefficient (Wildman–Crippen LogP) is 1.79. The first-order valence-electron chi connectivity index (χ1n) is 5.60. The van der Waals surface area contributed by atoms with Gasteiger partial charge in [-0.3, -0.25) is 0 Å². The number of nitrogens with one attached hydrogen (secondary N) is 1. The summed E-state index contributed by atoms with van der Waals surface area (Å²) in [4.78, 5) is -0.0279. The molecule has 0 atom stereocenters. The molecule has 1 rings (SSSR count). The lowest BCUT2D eigenvalue weighted by molar-refractivity contribution is 0.162. The zero-order chi connectivity index (χ0) is 14.5. The number of hydrogen-bond acceptors (Lipinski definition) is 4. The van der Waals surface area contributed by atoms with Gasteiger partial charge in [-0.15, -0.1) is 0 Å². The van der Waals surface area contributed by atoms with Crippen molar-refractivity contribution in [2.45, 2.75) is 11.8 Å². The van der Waals surface area contributed by atoms with Gasteiger partial charge in [0.2, 0.25) is 10.0 Å². The zero-order valence-corrected chi connectivity index (χ0v) is 12.2. The SMILES string of the molecule is C=C(C)COCCNS(=O)(=O)c1cc(Cl)ccc1N. The lowest BCUT2D eigenvalue weighted by Gasteiger charge is -2.09. The molecule has 106 valence electrons. The topological polar surface area (TPSA) is 81.4 Å². The molecule has 19 heavy (non-hydrogen) atoms. The molecule has 0 amide bonds. The number of nitrogens with two attached hydrogens (primary N) is 1. The van der Waals surface area contributed by atoms with Crippen LogP contribution in [0, 0.1) is 0 Å². The van der Waals surface area contributed by atoms with Crippen LogP contribution in [0.15, 0.2) is 35.2 Å². The van der Waals surface area contributed by atoms with Gasteiger partial charge in [-0.1, -0.05) is 23.8 Å². The van der Waals surface area contributed by atoms with Gasteiger partial charge in [0, 0.05) is 11.6 Å². The molecule has 0 aliphatic carbocycles. The monoisotopic (exact) mass is 304 g/mol. The van der Waals surface area contributed by atoms with Gasteiger partial charge in [0.1, 0.15) is 4.90 Å². The minimum atomic E-state index is -3.68. The Bertz CT molecular complexity index is 558. The summed E-state index contributed by atoms with van der Waals surface area (Å²) >= 11 is 5.76. The molecule has 3 N–H and O–H groups in total. The first-order chi connectivity index (χ1) is 8.83. The highest BCUT2D eigenvalue weighted by molar-refractivity contribution is 7.89. The van der Waals surface area contributed by atoms with Crippen LogP contribution in [0.4, 0.5) is 5.69 Å². The van der Waals surface area contributed by atoms with E-state index in [0.717, 1.165) is 5.57 Å². The average Bonchev–Trinajstić information content (AvgIpc) is 2.31. The molecule has 0 fully saturated rings. The maximum Gasteiger partial charge on any atom is 0.242 e. The first-order valence-corrected chi connectivity index (χ1v) is 7.46. The number of nitrogen functional groups attached to an aromatic ring is 1. The molecule has 0 unspecified atom stereocenters. The molecule has 0 radical (unpaired) electrons. The number of hydrogen-bond donors (Lipinski definition) is 2. The molecule has 1 aromatic carbocycles. The van der Waals surface area contributed by atoms with Crippen LogP contribution in [0.25, 0.3) is 0 Å². The van der Waals surface area contributed by atoms with Gasteiger partial charge in [-0.2, -0.15) is 0 Å². The third kappa shape index (κ3) is 5.20. The van der Waals surface area contributed by atoms with E-state index in [2.05, 4.69) is 11.3 Å². The molecule has 0 saturated carbocycles. The van der Waals surface area contributed by atoms with E-state index in [1.165, 1.54) is 18.2 Å². The van der Waals surface area contributed by atoms with Crippen LogP contribution in [-0.4, -0.2) is 28.2 Å². The molecule has 0 heterocycles. The van der Waals surface area contributed by atoms with E-state index in [1.807, 2.05) is 6.92 Å². The van der Waals surface area contributed by atoms with Crippen molar-refractivity contribution in [1.29, 1.82) is 0 Å². The third-order valence-electron chi connectivity index (χ3n) is 2.15. The average molecular weight is 305 g/mol. The molecule has 7 heteroatoms. The molecule has 0 aliphatic heterocycles. The Balaban J connectivity index is 2.61. The molecule has 0 saturated heterocycles. The van der Waals surface area contributed by atoms with Crippen LogP contribution in [0.5, 0.6) is 0 Å². The highest BCUT2D eigenvalue weighted by Crippen LogP contribution is 2.22. The number of halogens is 1. The molecule has 1 aromatic rings. The second-order valence-electron chi connectivity index (χ2n) is 4.09. The van der Waals surface area contributed by atoms with Crippen LogP contribution >= 0.6 is 11.6 Å². The van der Waals surface area contributed by atoms with E-state index >= 15 is 0 Å². The predicted molar refractivity (Wildman–Crippen MR) is 76.7 cm³/mol. The first kappa shape index (κ1) is 16.0. The summed E-state index contributed by atoms with van der Waals surface area (Å²) in [5.41, 5.74) is 6.65. The fraction of sp³-hybridized carbons (Fsp3) is 0.333. The van der Waals surface area contributed by atoms with Crippen molar-refractivity contribution >= 4 is 27.3 Å². The summed E-state index contributed by atoms with van der Waals surface area (Å²) in [6.07, 6.45) is 0. The van der Waals surface area contributed by atoms with Gasteiger partial charge < -0.3 is 10.5 Å². The number of rotatable bonds is 7. The largest absolute Gasteiger partial charge is 0.398 e. The number of ether oxygens (including phenoxy) is 1. The Morgan fingerprint density at radius 2 is 2.21 bits per heavy atom. The van der Waals surface area contributed by atoms with Gasteiger partial charge in [0.05, 0.1) is 18.9 Å². The second kappa shape index (κ2) is 6.91. The summed E-state index contributed by atoms with van der Waals surface area (Å²) < 4.78 is 31.6. The summed E-state index contributed by atoms with van der Waals surface area (Å²) in [6, 6.07) is 4.30. The highest BCUT2D eigenvalue weighted by atomic mass is 35.5. The van der Waals surface area contributed by atoms with Crippen molar-refractivity contribution in [1.82, 2.24) is 4.72 Å². The molecule has 5 nitrogen and oxygen atoms in total. The van der Waals surface area contributed by atoms with Crippen molar-refractivity contribution in [2.75, 3.05) is 25.5 Å². The van der Waals surface area contributed by atoms with E-state index in [1.54, 1.807) is 0 Å². The summed E-state index contributed by atoms with van der Waals surface area (Å²) in [5, 5.41) is 0.313. The number of sulfonamides is 1. The van der Waals surface area contributed by atoms with Crippen LogP contribution < -0.4 is 10.5 Å². The Kier molecular flexibility index (Phi) is 5.81. The summed E-state index contributed by atoms with van der Waals surface area (Å²) in [7, 11) is -3.68. The fourth-order valence-corrected chi connectivity index (χ4v) is 2.72. The number of benzene rings is 1. The minimum absolute atomic E-state index is 0.0279. The molecule has 0 bridgehead atoms. The quantitative estimate of drug-likeness (QED) is 0.457.